The molecule has 1 amide bonds. The predicted octanol–water partition coefficient (Wildman–Crippen LogP) is 1.93. The molecule has 0 saturated carbocycles. The number of anilines is 1. The van der Waals surface area contributed by atoms with Gasteiger partial charge in [0.1, 0.15) is 0 Å². The van der Waals surface area contributed by atoms with Gasteiger partial charge in [-0.05, 0) is 25.8 Å². The maximum atomic E-state index is 12.5. The fourth-order valence-electron chi connectivity index (χ4n) is 3.57. The van der Waals surface area contributed by atoms with Gasteiger partial charge in [-0.3, -0.25) is 4.79 Å². The van der Waals surface area contributed by atoms with E-state index in [1.807, 2.05) is 36.5 Å². The number of carbonyl (C=O) groups is 1. The largest absolute Gasteiger partial charge is 0.335 e. The Bertz CT molecular complexity index is 728. The van der Waals surface area contributed by atoms with E-state index in [-0.39, 0.29) is 18.0 Å². The lowest BCUT2D eigenvalue weighted by atomic mass is 10.1. The lowest BCUT2D eigenvalue weighted by molar-refractivity contribution is -0.129. The minimum absolute atomic E-state index is 0.185. The number of fused-ring (bicyclic) bond motifs is 1. The number of thiazole rings is 1. The highest BCUT2D eigenvalue weighted by Crippen LogP contribution is 2.35. The van der Waals surface area contributed by atoms with Crippen LogP contribution in [0.25, 0.3) is 0 Å². The van der Waals surface area contributed by atoms with Crippen LogP contribution in [0.1, 0.15) is 29.1 Å². The average molecular weight is 329 g/mol. The molecule has 2 saturated heterocycles. The molecule has 2 atom stereocenters. The normalized spacial score (nSPS) is 23.7. The third-order valence-corrected chi connectivity index (χ3v) is 5.46. The summed E-state index contributed by atoms with van der Waals surface area (Å²) in [5.41, 5.74) is 2.04. The molecule has 2 fully saturated rings. The molecule has 7 heteroatoms. The topological polar surface area (TPSA) is 62.2 Å². The molecule has 4 heterocycles. The lowest BCUT2D eigenvalue weighted by Gasteiger charge is -2.25. The van der Waals surface area contributed by atoms with Gasteiger partial charge < -0.3 is 9.80 Å². The first-order valence-corrected chi connectivity index (χ1v) is 8.75. The molecule has 2 aromatic heterocycles. The standard InChI is InChI=1S/C16H19N5OS/c1-10-6-17-16(18-7-10)20-4-3-13-14(20)5-15(22)21(13)8-12-9-23-11(2)19-12/h6-7,9,13-14H,3-5,8H2,1-2H3/t13-,14+/m1/s1. The Hall–Kier alpha value is -2.02. The second kappa shape index (κ2) is 5.56. The Kier molecular flexibility index (Phi) is 3.52. The molecule has 0 N–H and O–H groups in total. The molecule has 0 aliphatic carbocycles. The van der Waals surface area contributed by atoms with Crippen LogP contribution in [0, 0.1) is 13.8 Å². The molecular weight excluding hydrogens is 310 g/mol. The van der Waals surface area contributed by atoms with Crippen LogP contribution < -0.4 is 4.90 Å². The van der Waals surface area contributed by atoms with Crippen LogP contribution in [-0.4, -0.2) is 44.4 Å². The van der Waals surface area contributed by atoms with Crippen molar-refractivity contribution in [2.75, 3.05) is 11.4 Å². The second-order valence-electron chi connectivity index (χ2n) is 6.26. The number of likely N-dealkylation sites (tertiary alicyclic amines) is 1. The van der Waals surface area contributed by atoms with Crippen molar-refractivity contribution < 1.29 is 4.79 Å². The molecule has 23 heavy (non-hydrogen) atoms. The maximum Gasteiger partial charge on any atom is 0.225 e. The van der Waals surface area contributed by atoms with Crippen molar-refractivity contribution in [3.8, 4) is 0 Å². The smallest absolute Gasteiger partial charge is 0.225 e. The molecule has 6 nitrogen and oxygen atoms in total. The fraction of sp³-hybridized carbons (Fsp3) is 0.500. The second-order valence-corrected chi connectivity index (χ2v) is 7.32. The van der Waals surface area contributed by atoms with Gasteiger partial charge in [0.25, 0.3) is 0 Å². The van der Waals surface area contributed by atoms with E-state index in [1.165, 1.54) is 0 Å². The number of rotatable bonds is 3. The van der Waals surface area contributed by atoms with E-state index in [0.29, 0.717) is 13.0 Å². The quantitative estimate of drug-likeness (QED) is 0.861. The molecule has 2 aliphatic rings. The highest BCUT2D eigenvalue weighted by molar-refractivity contribution is 7.09. The van der Waals surface area contributed by atoms with E-state index >= 15 is 0 Å². The van der Waals surface area contributed by atoms with Gasteiger partial charge in [-0.2, -0.15) is 0 Å². The molecule has 2 aromatic rings. The maximum absolute atomic E-state index is 12.5. The fourth-order valence-corrected chi connectivity index (χ4v) is 4.18. The van der Waals surface area contributed by atoms with Crippen LogP contribution in [0.3, 0.4) is 0 Å². The molecule has 0 radical (unpaired) electrons. The van der Waals surface area contributed by atoms with Crippen LogP contribution in [-0.2, 0) is 11.3 Å². The van der Waals surface area contributed by atoms with Gasteiger partial charge >= 0.3 is 0 Å². The first-order valence-electron chi connectivity index (χ1n) is 7.87. The minimum atomic E-state index is 0.185. The summed E-state index contributed by atoms with van der Waals surface area (Å²) in [4.78, 5) is 30.0. The summed E-state index contributed by atoms with van der Waals surface area (Å²) >= 11 is 1.63. The number of aryl methyl sites for hydroxylation is 2. The molecule has 4 rings (SSSR count). The highest BCUT2D eigenvalue weighted by Gasteiger charge is 2.47. The summed E-state index contributed by atoms with van der Waals surface area (Å²) in [6.07, 6.45) is 5.19. The van der Waals surface area contributed by atoms with Crippen LogP contribution >= 0.6 is 11.3 Å². The van der Waals surface area contributed by atoms with E-state index in [9.17, 15) is 4.79 Å². The Morgan fingerprint density at radius 3 is 2.74 bits per heavy atom. The summed E-state index contributed by atoms with van der Waals surface area (Å²) in [5.74, 6) is 0.949. The van der Waals surface area contributed by atoms with Gasteiger partial charge in [-0.25, -0.2) is 15.0 Å². The van der Waals surface area contributed by atoms with Crippen molar-refractivity contribution in [3.05, 3.63) is 34.0 Å². The third kappa shape index (κ3) is 2.59. The number of hydrogen-bond donors (Lipinski definition) is 0. The average Bonchev–Trinajstić information content (AvgIpc) is 3.19. The number of aromatic nitrogens is 3. The lowest BCUT2D eigenvalue weighted by Crippen LogP contribution is -2.37. The minimum Gasteiger partial charge on any atom is -0.335 e. The van der Waals surface area contributed by atoms with Gasteiger partial charge in [0.05, 0.1) is 29.3 Å². The third-order valence-electron chi connectivity index (χ3n) is 4.64. The van der Waals surface area contributed by atoms with E-state index in [0.717, 1.165) is 35.2 Å². The van der Waals surface area contributed by atoms with Crippen molar-refractivity contribution in [2.45, 2.75) is 45.3 Å². The van der Waals surface area contributed by atoms with Gasteiger partial charge in [0, 0.05) is 30.7 Å². The van der Waals surface area contributed by atoms with Crippen molar-refractivity contribution in [2.24, 2.45) is 0 Å². The van der Waals surface area contributed by atoms with Crippen LogP contribution in [0.5, 0.6) is 0 Å². The van der Waals surface area contributed by atoms with Crippen LogP contribution in [0.4, 0.5) is 5.95 Å². The van der Waals surface area contributed by atoms with Gasteiger partial charge in [-0.15, -0.1) is 11.3 Å². The number of hydrogen-bond acceptors (Lipinski definition) is 6. The zero-order valence-electron chi connectivity index (χ0n) is 13.3. The Labute approximate surface area is 139 Å². The van der Waals surface area contributed by atoms with Gasteiger partial charge in [-0.1, -0.05) is 0 Å². The van der Waals surface area contributed by atoms with E-state index in [4.69, 9.17) is 0 Å². The number of carbonyl (C=O) groups excluding carboxylic acids is 1. The van der Waals surface area contributed by atoms with Crippen molar-refractivity contribution in [1.29, 1.82) is 0 Å². The molecule has 0 spiro atoms. The molecule has 2 aliphatic heterocycles. The first-order chi connectivity index (χ1) is 11.1. The summed E-state index contributed by atoms with van der Waals surface area (Å²) in [7, 11) is 0. The van der Waals surface area contributed by atoms with Crippen LogP contribution in [0.15, 0.2) is 17.8 Å². The first kappa shape index (κ1) is 14.6. The van der Waals surface area contributed by atoms with E-state index in [1.54, 1.807) is 11.3 Å². The van der Waals surface area contributed by atoms with E-state index in [2.05, 4.69) is 19.9 Å². The molecule has 0 unspecified atom stereocenters. The monoisotopic (exact) mass is 329 g/mol. The summed E-state index contributed by atoms with van der Waals surface area (Å²) < 4.78 is 0. The Morgan fingerprint density at radius 1 is 1.26 bits per heavy atom. The number of nitrogens with zero attached hydrogens (tertiary/aromatic N) is 5. The highest BCUT2D eigenvalue weighted by atomic mass is 32.1. The summed E-state index contributed by atoms with van der Waals surface area (Å²) in [6.45, 7) is 5.49. The number of amides is 1. The molecule has 120 valence electrons. The van der Waals surface area contributed by atoms with Crippen molar-refractivity contribution >= 4 is 23.2 Å². The molecule has 0 aromatic carbocycles. The predicted molar refractivity (Wildman–Crippen MR) is 88.3 cm³/mol. The zero-order valence-corrected chi connectivity index (χ0v) is 14.1. The summed E-state index contributed by atoms with van der Waals surface area (Å²) in [6, 6.07) is 0.430. The Balaban J connectivity index is 1.53. The van der Waals surface area contributed by atoms with Crippen molar-refractivity contribution in [3.63, 3.8) is 0 Å². The molecule has 0 bridgehead atoms. The van der Waals surface area contributed by atoms with Gasteiger partial charge in [0.15, 0.2) is 0 Å². The van der Waals surface area contributed by atoms with Gasteiger partial charge in [0.2, 0.25) is 11.9 Å². The Morgan fingerprint density at radius 2 is 2.04 bits per heavy atom. The van der Waals surface area contributed by atoms with Crippen LogP contribution in [0.2, 0.25) is 0 Å². The van der Waals surface area contributed by atoms with E-state index < -0.39 is 0 Å². The SMILES string of the molecule is Cc1cnc(N2CC[C@@H]3[C@@H]2CC(=O)N3Cc2csc(C)n2)nc1. The zero-order chi connectivity index (χ0) is 16.0. The van der Waals surface area contributed by atoms with Crippen molar-refractivity contribution in [1.82, 2.24) is 19.9 Å². The molecular formula is C16H19N5OS. The summed E-state index contributed by atoms with van der Waals surface area (Å²) in [5, 5.41) is 3.09.